The van der Waals surface area contributed by atoms with E-state index in [1.54, 1.807) is 0 Å². The molecule has 280 valence electrons. The van der Waals surface area contributed by atoms with Crippen molar-refractivity contribution in [2.75, 3.05) is 14.2 Å². The molecule has 3 unspecified atom stereocenters. The zero-order valence-electron chi connectivity index (χ0n) is 31.1. The first-order valence-electron chi connectivity index (χ1n) is 19.6. The van der Waals surface area contributed by atoms with Crippen LogP contribution in [0.5, 0.6) is 0 Å². The Balaban J connectivity index is 5.21. The van der Waals surface area contributed by atoms with E-state index in [1.165, 1.54) is 78.4 Å². The first kappa shape index (κ1) is 46.0. The van der Waals surface area contributed by atoms with Crippen LogP contribution in [0.3, 0.4) is 0 Å². The highest BCUT2D eigenvalue weighted by molar-refractivity contribution is 7.54. The lowest BCUT2D eigenvalue weighted by Gasteiger charge is -2.29. The quantitative estimate of drug-likeness (QED) is 0.0227. The van der Waals surface area contributed by atoms with Gasteiger partial charge in [0.2, 0.25) is 0 Å². The lowest BCUT2D eigenvalue weighted by Crippen LogP contribution is -2.19. The van der Waals surface area contributed by atoms with Crippen LogP contribution in [0, 0.1) is 0 Å². The minimum atomic E-state index is -3.72. The summed E-state index contributed by atoms with van der Waals surface area (Å²) in [6.07, 6.45) is 30.0. The fourth-order valence-corrected chi connectivity index (χ4v) is 8.28. The fourth-order valence-electron chi connectivity index (χ4n) is 6.31. The van der Waals surface area contributed by atoms with E-state index in [1.807, 2.05) is 0 Å². The number of unbranched alkanes of at least 4 members (excludes halogenated alkanes) is 20. The normalized spacial score (nSPS) is 14.1. The highest BCUT2D eigenvalue weighted by atomic mass is 31.2. The van der Waals surface area contributed by atoms with E-state index in [4.69, 9.17) is 18.7 Å². The topological polar surface area (TPSA) is 108 Å². The molecular weight excluding hydrogens is 615 g/mol. The third kappa shape index (κ3) is 27.6. The van der Waals surface area contributed by atoms with Crippen LogP contribution in [-0.2, 0) is 32.8 Å². The third-order valence-electron chi connectivity index (χ3n) is 9.41. The molecule has 8 nitrogen and oxygen atoms in total. The number of esters is 2. The minimum Gasteiger partial charge on any atom is -0.469 e. The third-order valence-corrected chi connectivity index (χ3v) is 11.6. The van der Waals surface area contributed by atoms with Gasteiger partial charge in [-0.15, -0.1) is 0 Å². The molecule has 0 saturated heterocycles. The Hall–Kier alpha value is -0.950. The summed E-state index contributed by atoms with van der Waals surface area (Å²) in [5.41, 5.74) is -0.312. The monoisotopic (exact) mass is 691 g/mol. The Bertz CT molecular complexity index is 762. The molecule has 0 aliphatic heterocycles. The molecule has 0 aromatic carbocycles. The second-order valence-corrected chi connectivity index (χ2v) is 15.8. The second kappa shape index (κ2) is 33.5. The Morgan fingerprint density at radius 1 is 0.511 bits per heavy atom. The van der Waals surface area contributed by atoms with Crippen molar-refractivity contribution in [1.82, 2.24) is 0 Å². The molecule has 0 saturated carbocycles. The van der Waals surface area contributed by atoms with E-state index in [0.717, 1.165) is 109 Å². The highest BCUT2D eigenvalue weighted by Crippen LogP contribution is 2.57. The molecule has 0 heterocycles. The number of hydrogen-bond acceptors (Lipinski definition) is 8. The van der Waals surface area contributed by atoms with Gasteiger partial charge in [0.15, 0.2) is 0 Å². The van der Waals surface area contributed by atoms with Crippen molar-refractivity contribution in [2.45, 2.75) is 218 Å². The lowest BCUT2D eigenvalue weighted by atomic mass is 10.0. The number of carbonyl (C=O) groups excluding carboxylic acids is 2. The molecule has 0 aliphatic carbocycles. The van der Waals surface area contributed by atoms with Crippen molar-refractivity contribution < 1.29 is 38.1 Å². The minimum absolute atomic E-state index is 0.155. The predicted molar refractivity (Wildman–Crippen MR) is 194 cm³/mol. The molecule has 0 aromatic rings. The lowest BCUT2D eigenvalue weighted by molar-refractivity contribution is -0.154. The second-order valence-electron chi connectivity index (χ2n) is 13.6. The number of carbonyl (C=O) groups is 2. The molecule has 0 amide bonds. The molecule has 0 fully saturated rings. The number of ether oxygens (including phenoxy) is 2. The van der Waals surface area contributed by atoms with Gasteiger partial charge in [-0.05, 0) is 38.5 Å². The molecule has 47 heavy (non-hydrogen) atoms. The molecule has 0 rings (SSSR count). The summed E-state index contributed by atoms with van der Waals surface area (Å²) in [6, 6.07) is 0. The van der Waals surface area contributed by atoms with Gasteiger partial charge in [-0.3, -0.25) is 14.2 Å². The van der Waals surface area contributed by atoms with Gasteiger partial charge in [0.05, 0.1) is 26.0 Å². The van der Waals surface area contributed by atoms with Crippen LogP contribution in [0.25, 0.3) is 0 Å². The zero-order chi connectivity index (χ0) is 34.9. The predicted octanol–water partition coefficient (Wildman–Crippen LogP) is 12.5. The van der Waals surface area contributed by atoms with Crippen molar-refractivity contribution >= 4 is 19.5 Å². The molecule has 0 spiro atoms. The van der Waals surface area contributed by atoms with E-state index in [2.05, 4.69) is 13.8 Å². The van der Waals surface area contributed by atoms with Crippen molar-refractivity contribution in [1.29, 1.82) is 0 Å². The maximum absolute atomic E-state index is 14.3. The summed E-state index contributed by atoms with van der Waals surface area (Å²) in [7, 11) is -0.868. The Morgan fingerprint density at radius 3 is 1.17 bits per heavy atom. The van der Waals surface area contributed by atoms with Gasteiger partial charge in [-0.1, -0.05) is 155 Å². The van der Waals surface area contributed by atoms with Gasteiger partial charge in [0.25, 0.3) is 0 Å². The van der Waals surface area contributed by atoms with E-state index < -0.39 is 7.60 Å². The van der Waals surface area contributed by atoms with Gasteiger partial charge >= 0.3 is 19.5 Å². The standard InChI is InChI=1S/C38H75O8P/c1-5-7-9-11-13-17-23-29-35(30-24-18-15-21-27-33-37(39)43-3)45-47(42,46-41)36(31-25-19-14-12-10-8-6-2)32-26-20-16-22-28-34-38(40)44-4/h35-36,41H,5-34H2,1-4H3. The van der Waals surface area contributed by atoms with Gasteiger partial charge in [-0.2, -0.15) is 4.67 Å². The maximum Gasteiger partial charge on any atom is 0.361 e. The summed E-state index contributed by atoms with van der Waals surface area (Å²) in [5.74, 6) is -0.319. The smallest absolute Gasteiger partial charge is 0.361 e. The van der Waals surface area contributed by atoms with Crippen LogP contribution in [-0.4, -0.2) is 43.2 Å². The Labute approximate surface area is 289 Å². The van der Waals surface area contributed by atoms with Crippen molar-refractivity contribution in [3.8, 4) is 0 Å². The maximum atomic E-state index is 14.3. The van der Waals surface area contributed by atoms with Gasteiger partial charge in [0.1, 0.15) is 0 Å². The Kier molecular flexibility index (Phi) is 32.9. The number of hydrogen-bond donors (Lipinski definition) is 1. The van der Waals surface area contributed by atoms with Crippen LogP contribution >= 0.6 is 7.60 Å². The molecule has 0 bridgehead atoms. The van der Waals surface area contributed by atoms with Gasteiger partial charge in [0, 0.05) is 12.8 Å². The molecule has 0 aromatic heterocycles. The van der Waals surface area contributed by atoms with Crippen molar-refractivity contribution in [3.63, 3.8) is 0 Å². The molecule has 1 N–H and O–H groups in total. The zero-order valence-corrected chi connectivity index (χ0v) is 32.0. The van der Waals surface area contributed by atoms with Crippen LogP contribution in [0.4, 0.5) is 0 Å². The van der Waals surface area contributed by atoms with Crippen LogP contribution in [0.1, 0.15) is 206 Å². The summed E-state index contributed by atoms with van der Waals surface area (Å²) < 4.78 is 35.0. The van der Waals surface area contributed by atoms with Crippen LogP contribution in [0.15, 0.2) is 0 Å². The van der Waals surface area contributed by atoms with E-state index in [0.29, 0.717) is 19.3 Å². The molecule has 3 atom stereocenters. The van der Waals surface area contributed by atoms with Crippen LogP contribution in [0.2, 0.25) is 0 Å². The highest BCUT2D eigenvalue weighted by Gasteiger charge is 2.38. The first-order chi connectivity index (χ1) is 22.9. The van der Waals surface area contributed by atoms with Crippen molar-refractivity contribution in [3.05, 3.63) is 0 Å². The van der Waals surface area contributed by atoms with Crippen LogP contribution < -0.4 is 0 Å². The van der Waals surface area contributed by atoms with E-state index in [9.17, 15) is 19.4 Å². The largest absolute Gasteiger partial charge is 0.469 e. The van der Waals surface area contributed by atoms with E-state index >= 15 is 0 Å². The number of methoxy groups -OCH3 is 2. The van der Waals surface area contributed by atoms with Crippen molar-refractivity contribution in [2.24, 2.45) is 0 Å². The first-order valence-corrected chi connectivity index (χ1v) is 21.2. The SMILES string of the molecule is CCCCCCCCCC(CCCCCCCC(=O)OC)OP(=O)(OO)C(CCCCCCCCC)CCCCCCCC(=O)OC. The molecule has 9 heteroatoms. The number of rotatable bonds is 36. The Morgan fingerprint density at radius 2 is 0.830 bits per heavy atom. The summed E-state index contributed by atoms with van der Waals surface area (Å²) in [6.45, 7) is 4.46. The summed E-state index contributed by atoms with van der Waals surface area (Å²) >= 11 is 0. The molecule has 0 radical (unpaired) electrons. The average Bonchev–Trinajstić information content (AvgIpc) is 3.08. The van der Waals surface area contributed by atoms with E-state index in [-0.39, 0.29) is 23.7 Å². The summed E-state index contributed by atoms with van der Waals surface area (Å²) in [5, 5.41) is 10.1. The average molecular weight is 691 g/mol. The molecular formula is C38H75O8P. The summed E-state index contributed by atoms with van der Waals surface area (Å²) in [4.78, 5) is 22.8. The fraction of sp³-hybridized carbons (Fsp3) is 0.947. The van der Waals surface area contributed by atoms with Gasteiger partial charge in [-0.25, -0.2) is 5.26 Å². The van der Waals surface area contributed by atoms with Gasteiger partial charge < -0.3 is 14.0 Å². The molecule has 0 aliphatic rings.